The van der Waals surface area contributed by atoms with Crippen molar-refractivity contribution in [2.45, 2.75) is 38.8 Å². The van der Waals surface area contributed by atoms with Crippen LogP contribution in [0.25, 0.3) is 0 Å². The van der Waals surface area contributed by atoms with Crippen LogP contribution in [0.4, 0.5) is 0 Å². The van der Waals surface area contributed by atoms with Crippen LogP contribution >= 0.6 is 0 Å². The summed E-state index contributed by atoms with van der Waals surface area (Å²) in [6.45, 7) is 3.13. The lowest BCUT2D eigenvalue weighted by molar-refractivity contribution is 0.0677. The average molecular weight is 338 g/mol. The number of pyridine rings is 1. The summed E-state index contributed by atoms with van der Waals surface area (Å²) in [5.74, 6) is 0. The molecule has 0 radical (unpaired) electrons. The van der Waals surface area contributed by atoms with E-state index in [0.717, 1.165) is 13.0 Å². The van der Waals surface area contributed by atoms with Crippen molar-refractivity contribution >= 4 is 0 Å². The first-order valence-electron chi connectivity index (χ1n) is 9.21. The summed E-state index contributed by atoms with van der Waals surface area (Å²) in [7, 11) is 2.09. The number of hydrogen-bond acceptors (Lipinski definition) is 2. The van der Waals surface area contributed by atoms with E-state index >= 15 is 0 Å². The van der Waals surface area contributed by atoms with Crippen molar-refractivity contribution in [1.29, 1.82) is 0 Å². The smallest absolute Gasteiger partial charge is 0.296 e. The Balaban J connectivity index is 2.05. The molecule has 0 bridgehead atoms. The molecule has 4 heteroatoms. The second-order valence-electron chi connectivity index (χ2n) is 6.80. The van der Waals surface area contributed by atoms with Gasteiger partial charge in [-0.25, -0.2) is 0 Å². The Morgan fingerprint density at radius 1 is 1.00 bits per heavy atom. The van der Waals surface area contributed by atoms with Crippen LogP contribution in [0.2, 0.25) is 0 Å². The Bertz CT molecular complexity index is 768. The third-order valence-corrected chi connectivity index (χ3v) is 5.04. The first kappa shape index (κ1) is 17.5. The molecule has 4 nitrogen and oxygen atoms in total. The molecule has 2 aromatic rings. The number of quaternary nitrogens is 1. The molecular formula is C21H28N3O+. The minimum atomic E-state index is 0.0406. The highest BCUT2D eigenvalue weighted by Gasteiger charge is 2.45. The number of unbranched alkanes of at least 4 members (excludes halogenated alkanes) is 3. The molecule has 0 amide bonds. The van der Waals surface area contributed by atoms with E-state index in [1.807, 2.05) is 29.1 Å². The number of hydrogen-bond donors (Lipinski definition) is 0. The van der Waals surface area contributed by atoms with Crippen LogP contribution < -0.4 is 10.2 Å². The van der Waals surface area contributed by atoms with Crippen molar-refractivity contribution in [1.82, 2.24) is 14.2 Å². The third kappa shape index (κ3) is 3.40. The Kier molecular flexibility index (Phi) is 5.39. The highest BCUT2D eigenvalue weighted by atomic mass is 16.1. The monoisotopic (exact) mass is 338 g/mol. The molecule has 2 heterocycles. The van der Waals surface area contributed by atoms with Crippen LogP contribution in [-0.2, 0) is 0 Å². The number of nitrogens with zero attached hydrogens (tertiary/aromatic N) is 3. The Morgan fingerprint density at radius 3 is 2.48 bits per heavy atom. The van der Waals surface area contributed by atoms with E-state index in [1.165, 1.54) is 24.8 Å². The summed E-state index contributed by atoms with van der Waals surface area (Å²) in [5, 5.41) is 0. The summed E-state index contributed by atoms with van der Waals surface area (Å²) < 4.78 is 2.38. The zero-order chi connectivity index (χ0) is 17.7. The lowest BCUT2D eigenvalue weighted by Crippen LogP contribution is -2.60. The normalized spacial score (nSPS) is 22.5. The molecule has 2 atom stereocenters. The second kappa shape index (κ2) is 7.70. The number of rotatable bonds is 7. The molecule has 0 aliphatic carbocycles. The maximum absolute atomic E-state index is 12.7. The van der Waals surface area contributed by atoms with Gasteiger partial charge in [0, 0.05) is 18.7 Å². The van der Waals surface area contributed by atoms with Gasteiger partial charge in [-0.1, -0.05) is 56.2 Å². The molecule has 1 aliphatic heterocycles. The van der Waals surface area contributed by atoms with E-state index in [0.29, 0.717) is 4.59 Å². The van der Waals surface area contributed by atoms with E-state index in [4.69, 9.17) is 0 Å². The van der Waals surface area contributed by atoms with Gasteiger partial charge in [-0.3, -0.25) is 4.79 Å². The van der Waals surface area contributed by atoms with Gasteiger partial charge < -0.3 is 4.90 Å². The fourth-order valence-electron chi connectivity index (χ4n) is 3.83. The van der Waals surface area contributed by atoms with Gasteiger partial charge in [0.1, 0.15) is 12.7 Å². The lowest BCUT2D eigenvalue weighted by Gasteiger charge is -2.40. The maximum atomic E-state index is 12.7. The zero-order valence-corrected chi connectivity index (χ0v) is 15.2. The second-order valence-corrected chi connectivity index (χ2v) is 6.80. The lowest BCUT2D eigenvalue weighted by atomic mass is 10.1. The SMILES string of the molecule is CCCCCC[N+]1(n2ccccc2=O)C=CN(C)C1c1ccccc1. The van der Waals surface area contributed by atoms with E-state index < -0.39 is 0 Å². The summed E-state index contributed by atoms with van der Waals surface area (Å²) in [5.41, 5.74) is 1.26. The van der Waals surface area contributed by atoms with Crippen LogP contribution in [0.5, 0.6) is 0 Å². The largest absolute Gasteiger partial charge is 0.321 e. The van der Waals surface area contributed by atoms with E-state index in [-0.39, 0.29) is 11.7 Å². The summed E-state index contributed by atoms with van der Waals surface area (Å²) in [6, 6.07) is 15.9. The van der Waals surface area contributed by atoms with Gasteiger partial charge in [0.25, 0.3) is 5.56 Å². The Labute approximate surface area is 150 Å². The van der Waals surface area contributed by atoms with Crippen LogP contribution in [0.1, 0.15) is 44.3 Å². The summed E-state index contributed by atoms with van der Waals surface area (Å²) >= 11 is 0. The number of benzene rings is 1. The van der Waals surface area contributed by atoms with Crippen molar-refractivity contribution in [2.75, 3.05) is 13.6 Å². The van der Waals surface area contributed by atoms with E-state index in [9.17, 15) is 4.79 Å². The minimum absolute atomic E-state index is 0.0406. The van der Waals surface area contributed by atoms with Crippen molar-refractivity contribution in [3.8, 4) is 0 Å². The first-order chi connectivity index (χ1) is 12.2. The molecule has 0 fully saturated rings. The zero-order valence-electron chi connectivity index (χ0n) is 15.2. The molecule has 1 aliphatic rings. The average Bonchev–Trinajstić information content (AvgIpc) is 2.97. The molecule has 0 N–H and O–H groups in total. The summed E-state index contributed by atoms with van der Waals surface area (Å²) in [4.78, 5) is 14.9. The molecule has 0 spiro atoms. The van der Waals surface area contributed by atoms with Crippen LogP contribution in [0.15, 0.2) is 71.9 Å². The quantitative estimate of drug-likeness (QED) is 0.563. The van der Waals surface area contributed by atoms with Crippen molar-refractivity contribution in [3.05, 3.63) is 83.0 Å². The minimum Gasteiger partial charge on any atom is -0.321 e. The predicted octanol–water partition coefficient (Wildman–Crippen LogP) is 3.98. The van der Waals surface area contributed by atoms with Gasteiger partial charge in [-0.15, -0.1) is 0 Å². The van der Waals surface area contributed by atoms with E-state index in [2.05, 4.69) is 55.5 Å². The van der Waals surface area contributed by atoms with E-state index in [1.54, 1.807) is 6.07 Å². The standard InChI is InChI=1S/C21H28N3O/c1-3-4-5-11-17-24(23-15-10-9-14-20(23)25)18-16-22(2)21(24)19-12-7-6-8-13-19/h6-10,12-16,18,21H,3-5,11,17H2,1-2H3/q+1. The van der Waals surface area contributed by atoms with Crippen molar-refractivity contribution in [3.63, 3.8) is 0 Å². The fourth-order valence-corrected chi connectivity index (χ4v) is 3.83. The van der Waals surface area contributed by atoms with Gasteiger partial charge in [0.2, 0.25) is 6.17 Å². The molecule has 25 heavy (non-hydrogen) atoms. The van der Waals surface area contributed by atoms with Gasteiger partial charge in [0.05, 0.1) is 12.4 Å². The van der Waals surface area contributed by atoms with Crippen LogP contribution in [-0.4, -0.2) is 23.2 Å². The van der Waals surface area contributed by atoms with Crippen molar-refractivity contribution in [2.24, 2.45) is 0 Å². The Morgan fingerprint density at radius 2 is 1.76 bits per heavy atom. The highest BCUT2D eigenvalue weighted by Crippen LogP contribution is 2.35. The highest BCUT2D eigenvalue weighted by molar-refractivity contribution is 5.26. The molecular weight excluding hydrogens is 310 g/mol. The summed E-state index contributed by atoms with van der Waals surface area (Å²) in [6.07, 6.45) is 11.0. The molecule has 3 rings (SSSR count). The topological polar surface area (TPSA) is 25.2 Å². The molecule has 1 aromatic carbocycles. The molecule has 1 aromatic heterocycles. The molecule has 0 saturated carbocycles. The maximum Gasteiger partial charge on any atom is 0.296 e. The third-order valence-electron chi connectivity index (χ3n) is 5.04. The first-order valence-corrected chi connectivity index (χ1v) is 9.21. The predicted molar refractivity (Wildman–Crippen MR) is 103 cm³/mol. The number of aromatic nitrogens is 1. The van der Waals surface area contributed by atoms with Gasteiger partial charge in [-0.2, -0.15) is 9.27 Å². The fraction of sp³-hybridized carbons (Fsp3) is 0.381. The van der Waals surface area contributed by atoms with Crippen LogP contribution in [0, 0.1) is 0 Å². The van der Waals surface area contributed by atoms with Gasteiger partial charge >= 0.3 is 0 Å². The van der Waals surface area contributed by atoms with Gasteiger partial charge in [0.15, 0.2) is 0 Å². The molecule has 2 unspecified atom stereocenters. The Hall–Kier alpha value is -2.33. The van der Waals surface area contributed by atoms with Gasteiger partial charge in [-0.05, 0) is 18.9 Å². The van der Waals surface area contributed by atoms with Crippen molar-refractivity contribution < 1.29 is 0 Å². The molecule has 132 valence electrons. The molecule has 0 saturated heterocycles. The van der Waals surface area contributed by atoms with Crippen LogP contribution in [0.3, 0.4) is 0 Å².